The second kappa shape index (κ2) is 7.86. The van der Waals surface area contributed by atoms with Crippen LogP contribution in [-0.2, 0) is 11.3 Å². The first-order valence-electron chi connectivity index (χ1n) is 6.61. The van der Waals surface area contributed by atoms with Crippen LogP contribution in [0, 0.1) is 0 Å². The van der Waals surface area contributed by atoms with Crippen LogP contribution < -0.4 is 20.9 Å². The number of nitrogens with zero attached hydrogens (tertiary/aromatic N) is 1. The normalized spacial score (nSPS) is 9.95. The Morgan fingerprint density at radius 2 is 2.00 bits per heavy atom. The van der Waals surface area contributed by atoms with Gasteiger partial charge in [0.2, 0.25) is 0 Å². The summed E-state index contributed by atoms with van der Waals surface area (Å²) in [4.78, 5) is 15.7. The number of pyridine rings is 1. The van der Waals surface area contributed by atoms with E-state index in [-0.39, 0.29) is 12.5 Å². The van der Waals surface area contributed by atoms with Gasteiger partial charge in [0.25, 0.3) is 5.91 Å². The van der Waals surface area contributed by atoms with Crippen LogP contribution in [0.1, 0.15) is 5.56 Å². The molecule has 0 saturated heterocycles. The van der Waals surface area contributed by atoms with E-state index in [4.69, 9.17) is 4.74 Å². The zero-order valence-corrected chi connectivity index (χ0v) is 11.8. The van der Waals surface area contributed by atoms with Gasteiger partial charge in [-0.2, -0.15) is 0 Å². The molecule has 0 unspecified atom stereocenters. The van der Waals surface area contributed by atoms with Gasteiger partial charge in [-0.15, -0.1) is 0 Å². The molecule has 0 bridgehead atoms. The second-order valence-corrected chi connectivity index (χ2v) is 4.31. The third-order valence-corrected chi connectivity index (χ3v) is 2.69. The Labute approximate surface area is 123 Å². The second-order valence-electron chi connectivity index (χ2n) is 4.31. The molecule has 0 aliphatic rings. The number of aromatic nitrogens is 1. The fourth-order valence-corrected chi connectivity index (χ4v) is 1.73. The number of carbonyl (C=O) groups excluding carboxylic acids is 1. The van der Waals surface area contributed by atoms with Gasteiger partial charge in [-0.3, -0.25) is 15.6 Å². The fraction of sp³-hybridized carbons (Fsp3) is 0.200. The number of anilines is 1. The minimum absolute atomic E-state index is 0.0689. The molecule has 3 N–H and O–H groups in total. The average molecular weight is 286 g/mol. The van der Waals surface area contributed by atoms with E-state index in [1.54, 1.807) is 18.3 Å². The third-order valence-electron chi connectivity index (χ3n) is 2.69. The van der Waals surface area contributed by atoms with Crippen molar-refractivity contribution in [1.29, 1.82) is 0 Å². The van der Waals surface area contributed by atoms with Gasteiger partial charge in [-0.05, 0) is 25.2 Å². The minimum Gasteiger partial charge on any atom is -0.483 e. The number of carbonyl (C=O) groups is 1. The monoisotopic (exact) mass is 286 g/mol. The number of hydrogen-bond acceptors (Lipinski definition) is 5. The van der Waals surface area contributed by atoms with Crippen molar-refractivity contribution < 1.29 is 9.53 Å². The molecular formula is C15H18N4O2. The van der Waals surface area contributed by atoms with Crippen LogP contribution in [0.5, 0.6) is 5.75 Å². The van der Waals surface area contributed by atoms with E-state index in [1.165, 1.54) is 0 Å². The van der Waals surface area contributed by atoms with Crippen LogP contribution in [0.15, 0.2) is 48.7 Å². The smallest absolute Gasteiger partial charge is 0.276 e. The first-order valence-corrected chi connectivity index (χ1v) is 6.61. The molecule has 6 heteroatoms. The molecule has 0 spiro atoms. The highest BCUT2D eigenvalue weighted by Crippen LogP contribution is 2.17. The molecule has 2 aromatic rings. The van der Waals surface area contributed by atoms with Crippen LogP contribution in [-0.4, -0.2) is 24.5 Å². The van der Waals surface area contributed by atoms with Crippen LogP contribution in [0.3, 0.4) is 0 Å². The van der Waals surface area contributed by atoms with Crippen molar-refractivity contribution in [3.63, 3.8) is 0 Å². The van der Waals surface area contributed by atoms with Crippen LogP contribution >= 0.6 is 0 Å². The molecule has 110 valence electrons. The third kappa shape index (κ3) is 4.77. The summed E-state index contributed by atoms with van der Waals surface area (Å²) in [7, 11) is 1.86. The van der Waals surface area contributed by atoms with Crippen molar-refractivity contribution in [2.24, 2.45) is 0 Å². The lowest BCUT2D eigenvalue weighted by Gasteiger charge is -2.11. The number of rotatable bonds is 7. The van der Waals surface area contributed by atoms with Crippen molar-refractivity contribution >= 4 is 11.7 Å². The summed E-state index contributed by atoms with van der Waals surface area (Å²) in [5, 5.41) is 3.06. The van der Waals surface area contributed by atoms with Gasteiger partial charge < -0.3 is 10.1 Å². The van der Waals surface area contributed by atoms with Crippen molar-refractivity contribution in [2.75, 3.05) is 19.1 Å². The molecule has 0 fully saturated rings. The molecule has 1 heterocycles. The summed E-state index contributed by atoms with van der Waals surface area (Å²) < 4.78 is 5.53. The maximum atomic E-state index is 11.7. The van der Waals surface area contributed by atoms with Crippen LogP contribution in [0.2, 0.25) is 0 Å². The minimum atomic E-state index is -0.278. The number of nitrogens with one attached hydrogen (secondary N) is 3. The molecule has 0 aliphatic carbocycles. The topological polar surface area (TPSA) is 75.3 Å². The Bertz CT molecular complexity index is 575. The number of ether oxygens (including phenoxy) is 1. The maximum absolute atomic E-state index is 11.7. The van der Waals surface area contributed by atoms with Crippen molar-refractivity contribution in [3.8, 4) is 5.75 Å². The van der Waals surface area contributed by atoms with Crippen molar-refractivity contribution in [3.05, 3.63) is 54.2 Å². The van der Waals surface area contributed by atoms with E-state index in [0.29, 0.717) is 18.1 Å². The van der Waals surface area contributed by atoms with E-state index in [0.717, 1.165) is 5.56 Å². The molecule has 1 aromatic carbocycles. The van der Waals surface area contributed by atoms with E-state index >= 15 is 0 Å². The molecule has 21 heavy (non-hydrogen) atoms. The molecule has 0 atom stereocenters. The van der Waals surface area contributed by atoms with Crippen LogP contribution in [0.4, 0.5) is 5.82 Å². The van der Waals surface area contributed by atoms with E-state index < -0.39 is 0 Å². The quantitative estimate of drug-likeness (QED) is 0.669. The van der Waals surface area contributed by atoms with Gasteiger partial charge in [0.05, 0.1) is 0 Å². The lowest BCUT2D eigenvalue weighted by molar-refractivity contribution is -0.122. The summed E-state index contributed by atoms with van der Waals surface area (Å²) in [6.45, 7) is 0.616. The van der Waals surface area contributed by atoms with Gasteiger partial charge in [0.15, 0.2) is 6.61 Å². The predicted octanol–water partition coefficient (Wildman–Crippen LogP) is 1.32. The number of hydrogen-bond donors (Lipinski definition) is 3. The lowest BCUT2D eigenvalue weighted by Crippen LogP contribution is -2.34. The van der Waals surface area contributed by atoms with E-state index in [1.807, 2.05) is 37.4 Å². The SMILES string of the molecule is CNCc1ccccc1OCC(=O)NNc1ccccn1. The largest absolute Gasteiger partial charge is 0.483 e. The van der Waals surface area contributed by atoms with Gasteiger partial charge in [-0.1, -0.05) is 24.3 Å². The highest BCUT2D eigenvalue weighted by molar-refractivity contribution is 5.78. The molecule has 0 radical (unpaired) electrons. The molecule has 0 saturated carbocycles. The lowest BCUT2D eigenvalue weighted by atomic mass is 10.2. The predicted molar refractivity (Wildman–Crippen MR) is 80.7 cm³/mol. The first kappa shape index (κ1) is 14.8. The Balaban J connectivity index is 1.81. The molecule has 1 amide bonds. The Hall–Kier alpha value is -2.60. The summed E-state index contributed by atoms with van der Waals surface area (Å²) in [5.74, 6) is 0.987. The van der Waals surface area contributed by atoms with Crippen molar-refractivity contribution in [1.82, 2.24) is 15.7 Å². The summed E-state index contributed by atoms with van der Waals surface area (Å²) >= 11 is 0. The Morgan fingerprint density at radius 1 is 1.19 bits per heavy atom. The van der Waals surface area contributed by atoms with Gasteiger partial charge >= 0.3 is 0 Å². The van der Waals surface area contributed by atoms with Crippen molar-refractivity contribution in [2.45, 2.75) is 6.54 Å². The first-order chi connectivity index (χ1) is 10.3. The molecule has 0 aliphatic heterocycles. The number of hydrazine groups is 1. The number of amides is 1. The van der Waals surface area contributed by atoms with Crippen LogP contribution in [0.25, 0.3) is 0 Å². The van der Waals surface area contributed by atoms with Gasteiger partial charge in [0, 0.05) is 18.3 Å². The molecule has 1 aromatic heterocycles. The van der Waals surface area contributed by atoms with E-state index in [2.05, 4.69) is 21.2 Å². The summed E-state index contributed by atoms with van der Waals surface area (Å²) in [5.41, 5.74) is 6.25. The summed E-state index contributed by atoms with van der Waals surface area (Å²) in [6, 6.07) is 13.0. The molecule has 2 rings (SSSR count). The fourth-order valence-electron chi connectivity index (χ4n) is 1.73. The Morgan fingerprint density at radius 3 is 2.76 bits per heavy atom. The maximum Gasteiger partial charge on any atom is 0.276 e. The highest BCUT2D eigenvalue weighted by Gasteiger charge is 2.06. The Kier molecular flexibility index (Phi) is 5.54. The molecular weight excluding hydrogens is 268 g/mol. The standard InChI is InChI=1S/C15H18N4O2/c1-16-10-12-6-2-3-7-13(12)21-11-15(20)19-18-14-8-4-5-9-17-14/h2-9,16H,10-11H2,1H3,(H,17,18)(H,19,20). The van der Waals surface area contributed by atoms with Gasteiger partial charge in [-0.25, -0.2) is 4.98 Å². The average Bonchev–Trinajstić information content (AvgIpc) is 2.53. The van der Waals surface area contributed by atoms with E-state index in [9.17, 15) is 4.79 Å². The number of para-hydroxylation sites is 1. The molecule has 6 nitrogen and oxygen atoms in total. The summed E-state index contributed by atoms with van der Waals surface area (Å²) in [6.07, 6.45) is 1.64. The highest BCUT2D eigenvalue weighted by atomic mass is 16.5. The van der Waals surface area contributed by atoms with Gasteiger partial charge in [0.1, 0.15) is 11.6 Å². The number of benzene rings is 1. The zero-order valence-electron chi connectivity index (χ0n) is 11.8. The zero-order chi connectivity index (χ0) is 14.9.